The molecule has 1 aromatic heterocycles. The molecule has 0 spiro atoms. The van der Waals surface area contributed by atoms with Gasteiger partial charge in [0.25, 0.3) is 0 Å². The zero-order valence-electron chi connectivity index (χ0n) is 15.0. The zero-order valence-corrected chi connectivity index (χ0v) is 15.8. The number of imidazole rings is 1. The van der Waals surface area contributed by atoms with Crippen LogP contribution in [-0.4, -0.2) is 39.4 Å². The number of nitro groups is 1. The number of hydrogen-bond donors (Lipinski definition) is 0. The van der Waals surface area contributed by atoms with Crippen LogP contribution in [0.4, 0.5) is 5.82 Å². The quantitative estimate of drug-likeness (QED) is 0.548. The number of amides is 1. The van der Waals surface area contributed by atoms with Crippen molar-refractivity contribution in [1.29, 1.82) is 0 Å². The normalized spacial score (nSPS) is 16.1. The molecule has 1 aromatic carbocycles. The first kappa shape index (κ1) is 19.0. The fraction of sp³-hybridized carbons (Fsp3) is 0.412. The Bertz CT molecular complexity index is 999. The molecule has 1 atom stereocenters. The molecule has 1 amide bonds. The van der Waals surface area contributed by atoms with Crippen LogP contribution in [0.25, 0.3) is 0 Å². The average molecular weight is 392 g/mol. The summed E-state index contributed by atoms with van der Waals surface area (Å²) in [6, 6.07) is 7.00. The van der Waals surface area contributed by atoms with Crippen molar-refractivity contribution in [2.45, 2.75) is 38.8 Å². The molecular formula is C17H20N4O5S. The first-order chi connectivity index (χ1) is 12.7. The molecule has 1 aliphatic carbocycles. The molecule has 0 N–H and O–H groups in total. The lowest BCUT2D eigenvalue weighted by molar-refractivity contribution is -0.389. The lowest BCUT2D eigenvalue weighted by Gasteiger charge is -2.27. The summed E-state index contributed by atoms with van der Waals surface area (Å²) in [6.07, 6.45) is 3.44. The second kappa shape index (κ2) is 7.10. The molecule has 2 aromatic rings. The largest absolute Gasteiger partial charge is 0.381 e. The number of fused-ring (bicyclic) bond motifs is 1. The van der Waals surface area contributed by atoms with E-state index in [1.54, 1.807) is 6.92 Å². The minimum absolute atomic E-state index is 0.0971. The first-order valence-corrected chi connectivity index (χ1v) is 10.3. The highest BCUT2D eigenvalue weighted by Gasteiger charge is 2.36. The van der Waals surface area contributed by atoms with Gasteiger partial charge in [-0.15, -0.1) is 0 Å². The maximum absolute atomic E-state index is 12.8. The van der Waals surface area contributed by atoms with E-state index in [4.69, 9.17) is 0 Å². The van der Waals surface area contributed by atoms with Gasteiger partial charge in [-0.2, -0.15) is 0 Å². The average Bonchev–Trinajstić information content (AvgIpc) is 3.16. The van der Waals surface area contributed by atoms with E-state index in [-0.39, 0.29) is 18.8 Å². The second-order valence-electron chi connectivity index (χ2n) is 6.55. The van der Waals surface area contributed by atoms with Crippen LogP contribution in [0.2, 0.25) is 0 Å². The van der Waals surface area contributed by atoms with E-state index in [1.807, 2.05) is 24.3 Å². The van der Waals surface area contributed by atoms with Gasteiger partial charge in [-0.3, -0.25) is 4.79 Å². The van der Waals surface area contributed by atoms with Crippen molar-refractivity contribution >= 4 is 21.7 Å². The highest BCUT2D eigenvalue weighted by molar-refractivity contribution is 7.88. The van der Waals surface area contributed by atoms with Crippen LogP contribution < -0.4 is 0 Å². The monoisotopic (exact) mass is 392 g/mol. The van der Waals surface area contributed by atoms with Gasteiger partial charge in [-0.1, -0.05) is 24.3 Å². The first-order valence-electron chi connectivity index (χ1n) is 8.46. The molecule has 10 heteroatoms. The molecule has 0 saturated carbocycles. The van der Waals surface area contributed by atoms with Crippen LogP contribution in [0.5, 0.6) is 0 Å². The number of carbonyl (C=O) groups is 1. The highest BCUT2D eigenvalue weighted by atomic mass is 32.2. The van der Waals surface area contributed by atoms with E-state index in [0.29, 0.717) is 18.7 Å². The Morgan fingerprint density at radius 2 is 2.11 bits per heavy atom. The molecule has 1 aliphatic rings. The summed E-state index contributed by atoms with van der Waals surface area (Å²) in [5.74, 6) is -0.439. The summed E-state index contributed by atoms with van der Waals surface area (Å²) in [5.41, 5.74) is 1.90. The third-order valence-electron chi connectivity index (χ3n) is 4.70. The molecule has 1 heterocycles. The second-order valence-corrected chi connectivity index (χ2v) is 8.41. The maximum Gasteiger partial charge on any atom is 0.381 e. The summed E-state index contributed by atoms with van der Waals surface area (Å²) >= 11 is 0. The fourth-order valence-corrected chi connectivity index (χ4v) is 4.64. The van der Waals surface area contributed by atoms with Gasteiger partial charge in [-0.05, 0) is 33.9 Å². The molecule has 27 heavy (non-hydrogen) atoms. The van der Waals surface area contributed by atoms with Gasteiger partial charge < -0.3 is 14.7 Å². The Morgan fingerprint density at radius 3 is 2.74 bits per heavy atom. The van der Waals surface area contributed by atoms with Crippen LogP contribution in [0, 0.1) is 17.0 Å². The van der Waals surface area contributed by atoms with Gasteiger partial charge >= 0.3 is 5.82 Å². The maximum atomic E-state index is 12.8. The number of benzene rings is 1. The van der Waals surface area contributed by atoms with Crippen molar-refractivity contribution in [3.05, 3.63) is 57.5 Å². The fourth-order valence-electron chi connectivity index (χ4n) is 3.50. The minimum atomic E-state index is -3.76. The third kappa shape index (κ3) is 3.85. The van der Waals surface area contributed by atoms with E-state index in [9.17, 15) is 23.3 Å². The predicted octanol–water partition coefficient (Wildman–Crippen LogP) is 1.97. The smallest absolute Gasteiger partial charge is 0.358 e. The number of nitrogens with zero attached hydrogens (tertiary/aromatic N) is 4. The van der Waals surface area contributed by atoms with Gasteiger partial charge in [0.15, 0.2) is 0 Å². The van der Waals surface area contributed by atoms with Crippen molar-refractivity contribution < 1.29 is 18.1 Å². The molecular weight excluding hydrogens is 372 g/mol. The van der Waals surface area contributed by atoms with Crippen LogP contribution >= 0.6 is 0 Å². The standard InChI is InChI=1S/C17H20N4O5S/c1-12-18-16(21(23)24)11-19(12)10-9-17(22)20(27(2,25)26)15-8-7-13-5-3-4-6-14(13)15/h3-6,11,15H,7-10H2,1-2H3. The zero-order chi connectivity index (χ0) is 19.8. The molecule has 0 bridgehead atoms. The van der Waals surface area contributed by atoms with Crippen LogP contribution in [0.3, 0.4) is 0 Å². The van der Waals surface area contributed by atoms with E-state index in [0.717, 1.165) is 21.7 Å². The van der Waals surface area contributed by atoms with Crippen molar-refractivity contribution in [2.75, 3.05) is 6.26 Å². The number of sulfonamides is 1. The van der Waals surface area contributed by atoms with Crippen molar-refractivity contribution in [1.82, 2.24) is 13.9 Å². The van der Waals surface area contributed by atoms with Gasteiger partial charge in [-0.25, -0.2) is 12.7 Å². The molecule has 0 fully saturated rings. The summed E-state index contributed by atoms with van der Waals surface area (Å²) in [5, 5.41) is 10.8. The van der Waals surface area contributed by atoms with E-state index in [1.165, 1.54) is 10.8 Å². The van der Waals surface area contributed by atoms with E-state index >= 15 is 0 Å². The number of hydrogen-bond acceptors (Lipinski definition) is 6. The van der Waals surface area contributed by atoms with Crippen molar-refractivity contribution in [3.8, 4) is 0 Å². The molecule has 0 radical (unpaired) electrons. The lowest BCUT2D eigenvalue weighted by Crippen LogP contribution is -2.39. The Balaban J connectivity index is 1.81. The van der Waals surface area contributed by atoms with Crippen molar-refractivity contribution in [2.24, 2.45) is 0 Å². The van der Waals surface area contributed by atoms with Crippen LogP contribution in [0.15, 0.2) is 30.5 Å². The Morgan fingerprint density at radius 1 is 1.41 bits per heavy atom. The lowest BCUT2D eigenvalue weighted by atomic mass is 10.1. The highest BCUT2D eigenvalue weighted by Crippen LogP contribution is 2.37. The number of aryl methyl sites for hydroxylation is 3. The van der Waals surface area contributed by atoms with Crippen LogP contribution in [0.1, 0.15) is 35.8 Å². The summed E-state index contributed by atoms with van der Waals surface area (Å²) < 4.78 is 27.1. The Kier molecular flexibility index (Phi) is 5.01. The molecule has 3 rings (SSSR count). The minimum Gasteiger partial charge on any atom is -0.358 e. The molecule has 1 unspecified atom stereocenters. The number of rotatable bonds is 6. The van der Waals surface area contributed by atoms with Gasteiger partial charge in [0.05, 0.1) is 12.3 Å². The predicted molar refractivity (Wildman–Crippen MR) is 97.4 cm³/mol. The molecule has 0 saturated heterocycles. The Hall–Kier alpha value is -2.75. The van der Waals surface area contributed by atoms with Gasteiger partial charge in [0.2, 0.25) is 21.8 Å². The molecule has 144 valence electrons. The Labute approximate surface area is 156 Å². The summed E-state index contributed by atoms with van der Waals surface area (Å²) in [7, 11) is -3.76. The molecule has 0 aliphatic heterocycles. The van der Waals surface area contributed by atoms with E-state index < -0.39 is 26.9 Å². The molecule has 9 nitrogen and oxygen atoms in total. The van der Waals surface area contributed by atoms with Crippen molar-refractivity contribution in [3.63, 3.8) is 0 Å². The van der Waals surface area contributed by atoms with Crippen LogP contribution in [-0.2, 0) is 27.8 Å². The topological polar surface area (TPSA) is 115 Å². The van der Waals surface area contributed by atoms with Gasteiger partial charge in [0, 0.05) is 19.9 Å². The summed E-state index contributed by atoms with van der Waals surface area (Å²) in [4.78, 5) is 26.8. The summed E-state index contributed by atoms with van der Waals surface area (Å²) in [6.45, 7) is 1.71. The number of aromatic nitrogens is 2. The number of carbonyl (C=O) groups excluding carboxylic acids is 1. The third-order valence-corrected chi connectivity index (χ3v) is 5.88. The van der Waals surface area contributed by atoms with Gasteiger partial charge in [0.1, 0.15) is 6.20 Å². The van der Waals surface area contributed by atoms with E-state index in [2.05, 4.69) is 4.98 Å². The SMILES string of the molecule is Cc1nc([N+](=O)[O-])cn1CCC(=O)N(C1CCc2ccccc21)S(C)(=O)=O.